The van der Waals surface area contributed by atoms with E-state index >= 15 is 0 Å². The molecule has 0 heterocycles. The first-order chi connectivity index (χ1) is 7.95. The zero-order valence-corrected chi connectivity index (χ0v) is 11.7. The zero-order valence-electron chi connectivity index (χ0n) is 11.7. The SMILES string of the molecule is C=CC(C)(CC=CC)OC(C)(C=C)CC=CC. The van der Waals surface area contributed by atoms with Crippen LogP contribution in [0.5, 0.6) is 0 Å². The minimum absolute atomic E-state index is 0.350. The molecule has 2 atom stereocenters. The van der Waals surface area contributed by atoms with Gasteiger partial charge in [0.1, 0.15) is 0 Å². The first-order valence-corrected chi connectivity index (χ1v) is 6.15. The van der Waals surface area contributed by atoms with E-state index in [0.717, 1.165) is 12.8 Å². The van der Waals surface area contributed by atoms with Gasteiger partial charge in [-0.05, 0) is 40.5 Å². The molecule has 0 aromatic carbocycles. The van der Waals surface area contributed by atoms with Crippen molar-refractivity contribution in [3.05, 3.63) is 49.6 Å². The maximum absolute atomic E-state index is 6.19. The Balaban J connectivity index is 4.81. The molecule has 17 heavy (non-hydrogen) atoms. The Labute approximate surface area is 107 Å². The van der Waals surface area contributed by atoms with Crippen LogP contribution in [0.15, 0.2) is 49.6 Å². The third kappa shape index (κ3) is 5.69. The normalized spacial score (nSPS) is 19.1. The summed E-state index contributed by atoms with van der Waals surface area (Å²) in [6.07, 6.45) is 13.6. The van der Waals surface area contributed by atoms with Gasteiger partial charge in [0, 0.05) is 0 Å². The van der Waals surface area contributed by atoms with Gasteiger partial charge >= 0.3 is 0 Å². The molecule has 1 heteroatoms. The molecule has 0 saturated heterocycles. The van der Waals surface area contributed by atoms with E-state index in [1.165, 1.54) is 0 Å². The fraction of sp³-hybridized carbons (Fsp3) is 0.500. The Morgan fingerprint density at radius 2 is 1.24 bits per heavy atom. The van der Waals surface area contributed by atoms with Gasteiger partial charge in [0.25, 0.3) is 0 Å². The predicted octanol–water partition coefficient (Wildman–Crippen LogP) is 4.82. The maximum Gasteiger partial charge on any atom is 0.0877 e. The third-order valence-corrected chi connectivity index (χ3v) is 2.85. The van der Waals surface area contributed by atoms with Gasteiger partial charge in [-0.1, -0.05) is 36.5 Å². The summed E-state index contributed by atoms with van der Waals surface area (Å²) in [5.41, 5.74) is -0.700. The highest BCUT2D eigenvalue weighted by Gasteiger charge is 2.30. The van der Waals surface area contributed by atoms with Gasteiger partial charge < -0.3 is 4.74 Å². The van der Waals surface area contributed by atoms with Crippen LogP contribution >= 0.6 is 0 Å². The average molecular weight is 234 g/mol. The highest BCUT2D eigenvalue weighted by atomic mass is 16.5. The Hall–Kier alpha value is -1.08. The summed E-state index contributed by atoms with van der Waals surface area (Å²) in [5, 5.41) is 0. The van der Waals surface area contributed by atoms with Crippen molar-refractivity contribution in [3.8, 4) is 0 Å². The summed E-state index contributed by atoms with van der Waals surface area (Å²) >= 11 is 0. The van der Waals surface area contributed by atoms with Crippen LogP contribution in [-0.4, -0.2) is 11.2 Å². The third-order valence-electron chi connectivity index (χ3n) is 2.85. The first-order valence-electron chi connectivity index (χ1n) is 6.15. The largest absolute Gasteiger partial charge is 0.360 e. The molecule has 0 aromatic heterocycles. The zero-order chi connectivity index (χ0) is 13.4. The molecule has 0 radical (unpaired) electrons. The Kier molecular flexibility index (Phi) is 6.82. The Morgan fingerprint density at radius 3 is 1.47 bits per heavy atom. The van der Waals surface area contributed by atoms with Crippen molar-refractivity contribution < 1.29 is 4.74 Å². The van der Waals surface area contributed by atoms with Crippen LogP contribution in [0.4, 0.5) is 0 Å². The topological polar surface area (TPSA) is 9.23 Å². The maximum atomic E-state index is 6.19. The van der Waals surface area contributed by atoms with E-state index in [1.807, 2.05) is 38.2 Å². The summed E-state index contributed by atoms with van der Waals surface area (Å²) in [5.74, 6) is 0. The molecule has 0 aromatic rings. The summed E-state index contributed by atoms with van der Waals surface area (Å²) in [7, 11) is 0. The predicted molar refractivity (Wildman–Crippen MR) is 77.2 cm³/mol. The summed E-state index contributed by atoms with van der Waals surface area (Å²) in [4.78, 5) is 0. The van der Waals surface area contributed by atoms with Gasteiger partial charge in [-0.25, -0.2) is 0 Å². The summed E-state index contributed by atoms with van der Waals surface area (Å²) in [6, 6.07) is 0. The van der Waals surface area contributed by atoms with Gasteiger partial charge in [0.2, 0.25) is 0 Å². The van der Waals surface area contributed by atoms with Crippen LogP contribution in [0.25, 0.3) is 0 Å². The number of rotatable bonds is 8. The second kappa shape index (κ2) is 7.29. The number of allylic oxidation sites excluding steroid dienone is 2. The molecule has 0 fully saturated rings. The van der Waals surface area contributed by atoms with Gasteiger partial charge in [-0.3, -0.25) is 0 Å². The smallest absolute Gasteiger partial charge is 0.0877 e. The van der Waals surface area contributed by atoms with Crippen molar-refractivity contribution in [2.75, 3.05) is 0 Å². The molecule has 96 valence electrons. The van der Waals surface area contributed by atoms with Crippen LogP contribution in [-0.2, 0) is 4.74 Å². The molecule has 2 unspecified atom stereocenters. The van der Waals surface area contributed by atoms with Crippen LogP contribution in [0.1, 0.15) is 40.5 Å². The molecule has 0 rings (SSSR count). The molecule has 0 saturated carbocycles. The van der Waals surface area contributed by atoms with Crippen LogP contribution < -0.4 is 0 Å². The lowest BCUT2D eigenvalue weighted by atomic mass is 9.96. The fourth-order valence-corrected chi connectivity index (χ4v) is 1.57. The molecular formula is C16H26O. The van der Waals surface area contributed by atoms with E-state index < -0.39 is 0 Å². The van der Waals surface area contributed by atoms with Crippen LogP contribution in [0.3, 0.4) is 0 Å². The van der Waals surface area contributed by atoms with E-state index in [-0.39, 0.29) is 11.2 Å². The highest BCUT2D eigenvalue weighted by Crippen LogP contribution is 2.29. The lowest BCUT2D eigenvalue weighted by Crippen LogP contribution is -2.37. The summed E-state index contributed by atoms with van der Waals surface area (Å²) < 4.78 is 6.19. The van der Waals surface area contributed by atoms with Gasteiger partial charge in [0.15, 0.2) is 0 Å². The van der Waals surface area contributed by atoms with Gasteiger partial charge in [-0.15, -0.1) is 13.2 Å². The van der Waals surface area contributed by atoms with Crippen LogP contribution in [0.2, 0.25) is 0 Å². The lowest BCUT2D eigenvalue weighted by Gasteiger charge is -2.36. The van der Waals surface area contributed by atoms with Crippen LogP contribution in [0, 0.1) is 0 Å². The number of hydrogen-bond donors (Lipinski definition) is 0. The van der Waals surface area contributed by atoms with E-state index in [0.29, 0.717) is 0 Å². The molecule has 0 N–H and O–H groups in total. The molecule has 0 bridgehead atoms. The van der Waals surface area contributed by atoms with E-state index in [1.54, 1.807) is 0 Å². The van der Waals surface area contributed by atoms with E-state index in [9.17, 15) is 0 Å². The van der Waals surface area contributed by atoms with Crippen molar-refractivity contribution >= 4 is 0 Å². The molecule has 0 spiro atoms. The molecule has 0 aliphatic carbocycles. The summed E-state index contributed by atoms with van der Waals surface area (Å²) in [6.45, 7) is 15.9. The monoisotopic (exact) mass is 234 g/mol. The minimum Gasteiger partial charge on any atom is -0.360 e. The van der Waals surface area contributed by atoms with E-state index in [2.05, 4.69) is 39.2 Å². The standard InChI is InChI=1S/C16H26O/c1-7-11-13-15(5,9-3)17-16(6,10-4)14-12-8-2/h7-12H,3-4,13-14H2,1-2,5-6H3. The molecule has 0 aliphatic heterocycles. The van der Waals surface area contributed by atoms with Gasteiger partial charge in [0.05, 0.1) is 11.2 Å². The Bertz CT molecular complexity index is 271. The quantitative estimate of drug-likeness (QED) is 0.547. The highest BCUT2D eigenvalue weighted by molar-refractivity contribution is 5.07. The molecular weight excluding hydrogens is 208 g/mol. The second-order valence-electron chi connectivity index (χ2n) is 4.68. The molecule has 1 nitrogen and oxygen atoms in total. The second-order valence-corrected chi connectivity index (χ2v) is 4.68. The molecule has 0 amide bonds. The molecule has 0 aliphatic rings. The lowest BCUT2D eigenvalue weighted by molar-refractivity contribution is -0.0850. The van der Waals surface area contributed by atoms with Crippen molar-refractivity contribution in [3.63, 3.8) is 0 Å². The number of hydrogen-bond acceptors (Lipinski definition) is 1. The van der Waals surface area contributed by atoms with Crippen molar-refractivity contribution in [1.29, 1.82) is 0 Å². The average Bonchev–Trinajstić information content (AvgIpc) is 2.34. The Morgan fingerprint density at radius 1 is 0.882 bits per heavy atom. The van der Waals surface area contributed by atoms with Gasteiger partial charge in [-0.2, -0.15) is 0 Å². The van der Waals surface area contributed by atoms with Crippen molar-refractivity contribution in [1.82, 2.24) is 0 Å². The number of ether oxygens (including phenoxy) is 1. The van der Waals surface area contributed by atoms with Crippen molar-refractivity contribution in [2.45, 2.75) is 51.7 Å². The first kappa shape index (κ1) is 15.9. The fourth-order valence-electron chi connectivity index (χ4n) is 1.57. The minimum atomic E-state index is -0.350. The van der Waals surface area contributed by atoms with E-state index in [4.69, 9.17) is 4.74 Å². The van der Waals surface area contributed by atoms with Crippen molar-refractivity contribution in [2.24, 2.45) is 0 Å².